The zero-order chi connectivity index (χ0) is 13.8. The van der Waals surface area contributed by atoms with Gasteiger partial charge in [-0.15, -0.1) is 0 Å². The molecule has 1 aliphatic rings. The average Bonchev–Trinajstić information content (AvgIpc) is 2.90. The van der Waals surface area contributed by atoms with Crippen LogP contribution in [0.5, 0.6) is 11.5 Å². The highest BCUT2D eigenvalue weighted by molar-refractivity contribution is 5.35. The van der Waals surface area contributed by atoms with Crippen molar-refractivity contribution in [2.45, 2.75) is 38.8 Å². The van der Waals surface area contributed by atoms with Crippen LogP contribution in [-0.4, -0.2) is 22.4 Å². The standard InChI is InChI=1S/C16H21N3O/c1-13-6-2-3-8-16(13)20-15-10-18-19(12-15)11-14-7-4-5-9-17-14/h2-3,6,8,10,12,14,17H,4-5,7,9,11H2,1H3. The highest BCUT2D eigenvalue weighted by Crippen LogP contribution is 2.24. The molecule has 1 aromatic heterocycles. The smallest absolute Gasteiger partial charge is 0.165 e. The number of aromatic nitrogens is 2. The van der Waals surface area contributed by atoms with Crippen LogP contribution in [0.25, 0.3) is 0 Å². The van der Waals surface area contributed by atoms with Gasteiger partial charge in [0, 0.05) is 6.04 Å². The summed E-state index contributed by atoms with van der Waals surface area (Å²) in [6, 6.07) is 8.56. The Morgan fingerprint density at radius 2 is 2.25 bits per heavy atom. The third-order valence-electron chi connectivity index (χ3n) is 3.75. The van der Waals surface area contributed by atoms with Crippen molar-refractivity contribution in [3.63, 3.8) is 0 Å². The van der Waals surface area contributed by atoms with E-state index >= 15 is 0 Å². The number of benzene rings is 1. The molecule has 0 amide bonds. The largest absolute Gasteiger partial charge is 0.454 e. The lowest BCUT2D eigenvalue weighted by atomic mass is 10.1. The summed E-state index contributed by atoms with van der Waals surface area (Å²) < 4.78 is 7.84. The van der Waals surface area contributed by atoms with Gasteiger partial charge in [0.2, 0.25) is 0 Å². The molecule has 1 aliphatic heterocycles. The van der Waals surface area contributed by atoms with Crippen LogP contribution in [0.15, 0.2) is 36.7 Å². The van der Waals surface area contributed by atoms with Crippen LogP contribution in [0.2, 0.25) is 0 Å². The summed E-state index contributed by atoms with van der Waals surface area (Å²) in [5.74, 6) is 1.69. The summed E-state index contributed by atoms with van der Waals surface area (Å²) in [5, 5.41) is 7.92. The van der Waals surface area contributed by atoms with Crippen LogP contribution in [0.4, 0.5) is 0 Å². The fourth-order valence-electron chi connectivity index (χ4n) is 2.60. The molecule has 1 saturated heterocycles. The van der Waals surface area contributed by atoms with E-state index in [1.165, 1.54) is 19.3 Å². The van der Waals surface area contributed by atoms with Crippen molar-refractivity contribution < 1.29 is 4.74 Å². The number of hydrogen-bond acceptors (Lipinski definition) is 3. The van der Waals surface area contributed by atoms with Gasteiger partial charge in [0.1, 0.15) is 5.75 Å². The zero-order valence-electron chi connectivity index (χ0n) is 11.9. The minimum atomic E-state index is 0.537. The van der Waals surface area contributed by atoms with Crippen molar-refractivity contribution in [2.24, 2.45) is 0 Å². The second kappa shape index (κ2) is 6.09. The molecule has 2 heterocycles. The van der Waals surface area contributed by atoms with E-state index < -0.39 is 0 Å². The Morgan fingerprint density at radius 1 is 1.35 bits per heavy atom. The van der Waals surface area contributed by atoms with Gasteiger partial charge >= 0.3 is 0 Å². The highest BCUT2D eigenvalue weighted by Gasteiger charge is 2.13. The second-order valence-electron chi connectivity index (χ2n) is 5.41. The Labute approximate surface area is 119 Å². The molecule has 1 unspecified atom stereocenters. The molecule has 20 heavy (non-hydrogen) atoms. The molecule has 4 nitrogen and oxygen atoms in total. The fraction of sp³-hybridized carbons (Fsp3) is 0.438. The summed E-state index contributed by atoms with van der Waals surface area (Å²) in [4.78, 5) is 0. The quantitative estimate of drug-likeness (QED) is 0.928. The molecule has 0 saturated carbocycles. The Bertz CT molecular complexity index is 558. The van der Waals surface area contributed by atoms with Crippen LogP contribution in [0.1, 0.15) is 24.8 Å². The second-order valence-corrected chi connectivity index (χ2v) is 5.41. The van der Waals surface area contributed by atoms with Gasteiger partial charge in [-0.1, -0.05) is 24.6 Å². The zero-order valence-corrected chi connectivity index (χ0v) is 11.9. The van der Waals surface area contributed by atoms with E-state index in [-0.39, 0.29) is 0 Å². The lowest BCUT2D eigenvalue weighted by molar-refractivity contribution is 0.350. The predicted molar refractivity (Wildman–Crippen MR) is 79.1 cm³/mol. The van der Waals surface area contributed by atoms with Crippen molar-refractivity contribution in [2.75, 3.05) is 6.54 Å². The third kappa shape index (κ3) is 3.20. The SMILES string of the molecule is Cc1ccccc1Oc1cnn(CC2CCCCN2)c1. The van der Waals surface area contributed by atoms with Crippen LogP contribution in [-0.2, 0) is 6.54 Å². The third-order valence-corrected chi connectivity index (χ3v) is 3.75. The lowest BCUT2D eigenvalue weighted by Gasteiger charge is -2.23. The van der Waals surface area contributed by atoms with Crippen LogP contribution < -0.4 is 10.1 Å². The maximum Gasteiger partial charge on any atom is 0.165 e. The molecule has 1 atom stereocenters. The average molecular weight is 271 g/mol. The van der Waals surface area contributed by atoms with Crippen molar-refractivity contribution in [3.8, 4) is 11.5 Å². The van der Waals surface area contributed by atoms with E-state index in [2.05, 4.69) is 10.4 Å². The minimum Gasteiger partial charge on any atom is -0.454 e. The molecule has 106 valence electrons. The summed E-state index contributed by atoms with van der Waals surface area (Å²) >= 11 is 0. The number of para-hydroxylation sites is 1. The summed E-state index contributed by atoms with van der Waals surface area (Å²) in [7, 11) is 0. The van der Waals surface area contributed by atoms with Gasteiger partial charge in [0.15, 0.2) is 5.75 Å². The van der Waals surface area contributed by atoms with Gasteiger partial charge in [0.25, 0.3) is 0 Å². The Balaban J connectivity index is 1.63. The molecule has 0 aliphatic carbocycles. The molecule has 0 spiro atoms. The maximum atomic E-state index is 5.88. The molecule has 1 fully saturated rings. The molecule has 2 aromatic rings. The predicted octanol–water partition coefficient (Wildman–Crippen LogP) is 3.13. The molecule has 1 aromatic carbocycles. The summed E-state index contributed by atoms with van der Waals surface area (Å²) in [6.45, 7) is 4.08. The Morgan fingerprint density at radius 3 is 3.05 bits per heavy atom. The first kappa shape index (κ1) is 13.2. The van der Waals surface area contributed by atoms with E-state index in [4.69, 9.17) is 4.74 Å². The normalized spacial score (nSPS) is 18.9. The summed E-state index contributed by atoms with van der Waals surface area (Å²) in [6.07, 6.45) is 7.59. The molecular weight excluding hydrogens is 250 g/mol. The van der Waals surface area contributed by atoms with Gasteiger partial charge in [-0.25, -0.2) is 0 Å². The van der Waals surface area contributed by atoms with Gasteiger partial charge in [0.05, 0.1) is 18.9 Å². The van der Waals surface area contributed by atoms with Gasteiger partial charge < -0.3 is 10.1 Å². The monoisotopic (exact) mass is 271 g/mol. The Hall–Kier alpha value is -1.81. The number of nitrogens with zero attached hydrogens (tertiary/aromatic N) is 2. The first-order valence-corrected chi connectivity index (χ1v) is 7.30. The molecule has 0 radical (unpaired) electrons. The van der Waals surface area contributed by atoms with E-state index in [9.17, 15) is 0 Å². The van der Waals surface area contributed by atoms with E-state index in [1.807, 2.05) is 42.1 Å². The number of aryl methyl sites for hydroxylation is 1. The topological polar surface area (TPSA) is 39.1 Å². The van der Waals surface area contributed by atoms with Gasteiger partial charge in [-0.2, -0.15) is 5.10 Å². The number of rotatable bonds is 4. The van der Waals surface area contributed by atoms with E-state index in [0.29, 0.717) is 6.04 Å². The van der Waals surface area contributed by atoms with Crippen LogP contribution in [0, 0.1) is 6.92 Å². The molecule has 3 rings (SSSR count). The number of piperidine rings is 1. The van der Waals surface area contributed by atoms with Crippen molar-refractivity contribution >= 4 is 0 Å². The van der Waals surface area contributed by atoms with Crippen molar-refractivity contribution in [1.82, 2.24) is 15.1 Å². The molecule has 1 N–H and O–H groups in total. The first-order valence-electron chi connectivity index (χ1n) is 7.30. The maximum absolute atomic E-state index is 5.88. The lowest BCUT2D eigenvalue weighted by Crippen LogP contribution is -2.37. The van der Waals surface area contributed by atoms with E-state index in [1.54, 1.807) is 6.20 Å². The summed E-state index contributed by atoms with van der Waals surface area (Å²) in [5.41, 5.74) is 1.13. The van der Waals surface area contributed by atoms with Crippen molar-refractivity contribution in [1.29, 1.82) is 0 Å². The minimum absolute atomic E-state index is 0.537. The molecular formula is C16H21N3O. The molecule has 4 heteroatoms. The van der Waals surface area contributed by atoms with Crippen molar-refractivity contribution in [3.05, 3.63) is 42.2 Å². The Kier molecular flexibility index (Phi) is 4.02. The fourth-order valence-corrected chi connectivity index (χ4v) is 2.60. The number of ether oxygens (including phenoxy) is 1. The molecule has 0 bridgehead atoms. The van der Waals surface area contributed by atoms with E-state index in [0.717, 1.165) is 30.2 Å². The van der Waals surface area contributed by atoms with Crippen LogP contribution >= 0.6 is 0 Å². The number of nitrogens with one attached hydrogen (secondary N) is 1. The van der Waals surface area contributed by atoms with Gasteiger partial charge in [-0.05, 0) is 37.9 Å². The van der Waals surface area contributed by atoms with Crippen LogP contribution in [0.3, 0.4) is 0 Å². The van der Waals surface area contributed by atoms with Gasteiger partial charge in [-0.3, -0.25) is 4.68 Å². The number of hydrogen-bond donors (Lipinski definition) is 1. The highest BCUT2D eigenvalue weighted by atomic mass is 16.5. The first-order chi connectivity index (χ1) is 9.81.